The summed E-state index contributed by atoms with van der Waals surface area (Å²) in [4.78, 5) is 18.1. The second-order valence-electron chi connectivity index (χ2n) is 7.29. The molecule has 1 atom stereocenters. The Morgan fingerprint density at radius 3 is 2.39 bits per heavy atom. The van der Waals surface area contributed by atoms with Crippen LogP contribution >= 0.6 is 0 Å². The molecule has 168 valence electrons. The van der Waals surface area contributed by atoms with Crippen molar-refractivity contribution in [1.82, 2.24) is 20.9 Å². The van der Waals surface area contributed by atoms with Crippen LogP contribution in [0.1, 0.15) is 34.5 Å². The van der Waals surface area contributed by atoms with E-state index < -0.39 is 17.7 Å². The number of amides is 1. The lowest BCUT2D eigenvalue weighted by Crippen LogP contribution is -2.39. The van der Waals surface area contributed by atoms with Crippen LogP contribution in [0.15, 0.2) is 47.5 Å². The van der Waals surface area contributed by atoms with Crippen molar-refractivity contribution < 1.29 is 13.6 Å². The van der Waals surface area contributed by atoms with Crippen molar-refractivity contribution in [2.24, 2.45) is 4.99 Å². The molecule has 1 amide bonds. The average molecular weight is 432 g/mol. The normalized spacial score (nSPS) is 12.5. The van der Waals surface area contributed by atoms with Gasteiger partial charge in [-0.05, 0) is 57.3 Å². The number of carbonyl (C=O) groups excluding carboxylic acids is 1. The molecule has 2 aromatic carbocycles. The third-order valence-corrected chi connectivity index (χ3v) is 4.85. The molecule has 0 saturated heterocycles. The van der Waals surface area contributed by atoms with Crippen LogP contribution < -0.4 is 16.0 Å². The van der Waals surface area contributed by atoms with E-state index in [-0.39, 0.29) is 18.0 Å². The molecule has 0 aliphatic carbocycles. The summed E-state index contributed by atoms with van der Waals surface area (Å²) in [6.07, 6.45) is 0.689. The molecule has 0 fully saturated rings. The molecule has 6 nitrogen and oxygen atoms in total. The van der Waals surface area contributed by atoms with Crippen molar-refractivity contribution in [3.8, 4) is 0 Å². The van der Waals surface area contributed by atoms with Gasteiger partial charge in [-0.25, -0.2) is 8.78 Å². The van der Waals surface area contributed by atoms with Gasteiger partial charge >= 0.3 is 0 Å². The number of benzene rings is 2. The number of nitrogens with one attached hydrogen (secondary N) is 3. The molecule has 0 saturated carbocycles. The van der Waals surface area contributed by atoms with Crippen LogP contribution in [-0.2, 0) is 6.42 Å². The predicted octanol–water partition coefficient (Wildman–Crippen LogP) is 2.72. The first-order valence-corrected chi connectivity index (χ1v) is 10.3. The molecular formula is C23H31F2N5O. The number of hydrogen-bond acceptors (Lipinski definition) is 3. The first-order valence-electron chi connectivity index (χ1n) is 10.3. The molecule has 0 aromatic heterocycles. The Hall–Kier alpha value is -3.00. The number of nitrogens with zero attached hydrogens (tertiary/aromatic N) is 2. The monoisotopic (exact) mass is 431 g/mol. The topological polar surface area (TPSA) is 68.8 Å². The fraction of sp³-hybridized carbons (Fsp3) is 0.391. The fourth-order valence-electron chi connectivity index (χ4n) is 3.20. The van der Waals surface area contributed by atoms with Crippen LogP contribution in [0.25, 0.3) is 0 Å². The Labute approximate surface area is 182 Å². The van der Waals surface area contributed by atoms with Gasteiger partial charge in [-0.2, -0.15) is 0 Å². The van der Waals surface area contributed by atoms with Crippen molar-refractivity contribution in [3.05, 3.63) is 70.8 Å². The molecule has 31 heavy (non-hydrogen) atoms. The zero-order valence-electron chi connectivity index (χ0n) is 18.5. The fourth-order valence-corrected chi connectivity index (χ4v) is 3.20. The molecule has 0 aliphatic heterocycles. The molecule has 0 aliphatic rings. The summed E-state index contributed by atoms with van der Waals surface area (Å²) in [5, 5.41) is 9.01. The summed E-state index contributed by atoms with van der Waals surface area (Å²) < 4.78 is 28.5. The van der Waals surface area contributed by atoms with Crippen molar-refractivity contribution in [3.63, 3.8) is 0 Å². The molecule has 8 heteroatoms. The van der Waals surface area contributed by atoms with Gasteiger partial charge in [0.1, 0.15) is 11.6 Å². The molecule has 2 aromatic rings. The van der Waals surface area contributed by atoms with Crippen LogP contribution in [0.4, 0.5) is 8.78 Å². The van der Waals surface area contributed by atoms with E-state index in [2.05, 4.69) is 20.9 Å². The van der Waals surface area contributed by atoms with E-state index in [4.69, 9.17) is 0 Å². The van der Waals surface area contributed by atoms with Crippen LogP contribution in [-0.4, -0.2) is 57.5 Å². The predicted molar refractivity (Wildman–Crippen MR) is 120 cm³/mol. The van der Waals surface area contributed by atoms with E-state index in [0.29, 0.717) is 31.0 Å². The van der Waals surface area contributed by atoms with E-state index >= 15 is 0 Å². The number of guanidine groups is 1. The molecule has 2 rings (SSSR count). The second-order valence-corrected chi connectivity index (χ2v) is 7.29. The second kappa shape index (κ2) is 12.0. The summed E-state index contributed by atoms with van der Waals surface area (Å²) >= 11 is 0. The van der Waals surface area contributed by atoms with Crippen LogP contribution in [0.3, 0.4) is 0 Å². The van der Waals surface area contributed by atoms with E-state index in [9.17, 15) is 13.6 Å². The highest BCUT2D eigenvalue weighted by molar-refractivity contribution is 5.94. The zero-order chi connectivity index (χ0) is 22.8. The largest absolute Gasteiger partial charge is 0.357 e. The van der Waals surface area contributed by atoms with Crippen molar-refractivity contribution in [2.75, 3.05) is 40.8 Å². The highest BCUT2D eigenvalue weighted by Gasteiger charge is 2.22. The zero-order valence-corrected chi connectivity index (χ0v) is 18.5. The maximum absolute atomic E-state index is 14.3. The van der Waals surface area contributed by atoms with Gasteiger partial charge in [-0.1, -0.05) is 18.2 Å². The first kappa shape index (κ1) is 24.3. The lowest BCUT2D eigenvalue weighted by atomic mass is 10.0. The third-order valence-electron chi connectivity index (χ3n) is 4.85. The van der Waals surface area contributed by atoms with Gasteiger partial charge in [0.05, 0.1) is 12.6 Å². The minimum Gasteiger partial charge on any atom is -0.357 e. The average Bonchev–Trinajstić information content (AvgIpc) is 2.75. The molecule has 0 spiro atoms. The highest BCUT2D eigenvalue weighted by Crippen LogP contribution is 2.24. The Balaban J connectivity index is 2.06. The summed E-state index contributed by atoms with van der Waals surface area (Å²) in [5.74, 6) is -0.723. The van der Waals surface area contributed by atoms with Gasteiger partial charge in [-0.15, -0.1) is 0 Å². The van der Waals surface area contributed by atoms with Gasteiger partial charge in [0.25, 0.3) is 5.91 Å². The first-order chi connectivity index (χ1) is 14.9. The standard InChI is InChI=1S/C23H31F2N5O/c1-5-27-23(28-13-12-16-8-6-9-17(14-16)22(31)26-2)29-15-20(30(3)4)21-18(24)10-7-11-19(21)25/h6-11,14,20H,5,12-13,15H2,1-4H3,(H,26,31)(H2,27,28,29). The molecule has 0 radical (unpaired) electrons. The van der Waals surface area contributed by atoms with E-state index in [1.54, 1.807) is 32.1 Å². The minimum absolute atomic E-state index is 0.0121. The Morgan fingerprint density at radius 2 is 1.77 bits per heavy atom. The lowest BCUT2D eigenvalue weighted by molar-refractivity contribution is 0.0963. The van der Waals surface area contributed by atoms with Gasteiger partial charge in [0.2, 0.25) is 0 Å². The maximum atomic E-state index is 14.3. The van der Waals surface area contributed by atoms with Gasteiger partial charge in [0, 0.05) is 31.3 Å². The van der Waals surface area contributed by atoms with Crippen LogP contribution in [0, 0.1) is 11.6 Å². The van der Waals surface area contributed by atoms with Crippen molar-refractivity contribution in [2.45, 2.75) is 19.4 Å². The number of likely N-dealkylation sites (N-methyl/N-ethyl adjacent to an activating group) is 1. The summed E-state index contributed by atoms with van der Waals surface area (Å²) in [7, 11) is 5.14. The molecule has 3 N–H and O–H groups in total. The Kier molecular flexibility index (Phi) is 9.40. The molecule has 1 unspecified atom stereocenters. The SMILES string of the molecule is CCNC(=NCC(c1c(F)cccc1F)N(C)C)NCCc1cccc(C(=O)NC)c1. The van der Waals surface area contributed by atoms with E-state index in [1.807, 2.05) is 25.1 Å². The Morgan fingerprint density at radius 1 is 1.10 bits per heavy atom. The quantitative estimate of drug-likeness (QED) is 0.422. The third kappa shape index (κ3) is 7.03. The smallest absolute Gasteiger partial charge is 0.251 e. The molecule has 0 heterocycles. The molecule has 0 bridgehead atoms. The van der Waals surface area contributed by atoms with Gasteiger partial charge in [-0.3, -0.25) is 9.79 Å². The highest BCUT2D eigenvalue weighted by atomic mass is 19.1. The number of aliphatic imine (C=N–C) groups is 1. The summed E-state index contributed by atoms with van der Waals surface area (Å²) in [6, 6.07) is 10.8. The van der Waals surface area contributed by atoms with Gasteiger partial charge in [0.15, 0.2) is 5.96 Å². The minimum atomic E-state index is -0.581. The lowest BCUT2D eigenvalue weighted by Gasteiger charge is -2.24. The Bertz CT molecular complexity index is 881. The van der Waals surface area contributed by atoms with Crippen LogP contribution in [0.2, 0.25) is 0 Å². The number of hydrogen-bond donors (Lipinski definition) is 3. The number of halogens is 2. The summed E-state index contributed by atoms with van der Waals surface area (Å²) in [6.45, 7) is 3.37. The van der Waals surface area contributed by atoms with Crippen LogP contribution in [0.5, 0.6) is 0 Å². The number of rotatable bonds is 9. The van der Waals surface area contributed by atoms with Crippen molar-refractivity contribution >= 4 is 11.9 Å². The van der Waals surface area contributed by atoms with Crippen molar-refractivity contribution in [1.29, 1.82) is 0 Å². The van der Waals surface area contributed by atoms with E-state index in [0.717, 1.165) is 5.56 Å². The summed E-state index contributed by atoms with van der Waals surface area (Å²) in [5.41, 5.74) is 1.64. The van der Waals surface area contributed by atoms with Gasteiger partial charge < -0.3 is 20.9 Å². The van der Waals surface area contributed by atoms with E-state index in [1.165, 1.54) is 18.2 Å². The molecular weight excluding hydrogens is 400 g/mol. The number of carbonyl (C=O) groups is 1. The maximum Gasteiger partial charge on any atom is 0.251 e.